The number of thiophene rings is 1. The van der Waals surface area contributed by atoms with E-state index in [0.717, 1.165) is 19.0 Å². The van der Waals surface area contributed by atoms with Crippen LogP contribution < -0.4 is 10.6 Å². The maximum atomic E-state index is 5.15. The molecule has 0 fully saturated rings. The number of hydrogen-bond donors (Lipinski definition) is 2. The van der Waals surface area contributed by atoms with Gasteiger partial charge in [0.05, 0.1) is 6.61 Å². The van der Waals surface area contributed by atoms with Crippen LogP contribution in [-0.4, -0.2) is 20.1 Å². The molecule has 4 nitrogen and oxygen atoms in total. The van der Waals surface area contributed by atoms with Crippen LogP contribution in [0.15, 0.2) is 46.1 Å². The van der Waals surface area contributed by atoms with Gasteiger partial charge in [0.2, 0.25) is 0 Å². The summed E-state index contributed by atoms with van der Waals surface area (Å²) in [6.45, 7) is 2.16. The average Bonchev–Trinajstić information content (AvgIpc) is 3.01. The van der Waals surface area contributed by atoms with Gasteiger partial charge in [-0.2, -0.15) is 11.3 Å². The van der Waals surface area contributed by atoms with E-state index in [1.54, 1.807) is 25.5 Å². The predicted molar refractivity (Wildman–Crippen MR) is 104 cm³/mol. The van der Waals surface area contributed by atoms with Crippen molar-refractivity contribution in [2.24, 2.45) is 4.99 Å². The Morgan fingerprint density at radius 1 is 1.14 bits per heavy atom. The molecule has 0 radical (unpaired) electrons. The van der Waals surface area contributed by atoms with Crippen molar-refractivity contribution < 1.29 is 4.74 Å². The molecule has 0 unspecified atom stereocenters. The summed E-state index contributed by atoms with van der Waals surface area (Å²) in [5.74, 6) is 0.804. The third-order valence-corrected chi connectivity index (χ3v) is 3.76. The first-order valence-electron chi connectivity index (χ1n) is 6.84. The second kappa shape index (κ2) is 10.6. The summed E-state index contributed by atoms with van der Waals surface area (Å²) in [4.78, 5) is 4.23. The van der Waals surface area contributed by atoms with Crippen molar-refractivity contribution in [2.75, 3.05) is 14.2 Å². The number of benzene rings is 1. The Hall–Kier alpha value is -1.12. The lowest BCUT2D eigenvalue weighted by Gasteiger charge is -2.12. The molecule has 22 heavy (non-hydrogen) atoms. The van der Waals surface area contributed by atoms with Crippen LogP contribution >= 0.6 is 35.3 Å². The van der Waals surface area contributed by atoms with E-state index in [2.05, 4.69) is 50.7 Å². The molecule has 0 saturated heterocycles. The van der Waals surface area contributed by atoms with Gasteiger partial charge in [-0.1, -0.05) is 24.3 Å². The molecule has 0 spiro atoms. The number of rotatable bonds is 6. The smallest absolute Gasteiger partial charge is 0.191 e. The molecule has 1 heterocycles. The lowest BCUT2D eigenvalue weighted by molar-refractivity contribution is 0.185. The van der Waals surface area contributed by atoms with Gasteiger partial charge in [-0.25, -0.2) is 0 Å². The van der Waals surface area contributed by atoms with Gasteiger partial charge in [-0.15, -0.1) is 24.0 Å². The molecule has 120 valence electrons. The summed E-state index contributed by atoms with van der Waals surface area (Å²) in [5, 5.41) is 10.8. The molecule has 6 heteroatoms. The van der Waals surface area contributed by atoms with Crippen LogP contribution in [0.3, 0.4) is 0 Å². The first kappa shape index (κ1) is 18.9. The number of nitrogens with one attached hydrogen (secondary N) is 2. The minimum absolute atomic E-state index is 0. The van der Waals surface area contributed by atoms with E-state index >= 15 is 0 Å². The lowest BCUT2D eigenvalue weighted by Crippen LogP contribution is -2.36. The molecule has 2 aromatic rings. The van der Waals surface area contributed by atoms with Crippen molar-refractivity contribution in [1.82, 2.24) is 10.6 Å². The molecular weight excluding hydrogens is 409 g/mol. The molecule has 1 aromatic carbocycles. The summed E-state index contributed by atoms with van der Waals surface area (Å²) in [7, 11) is 3.49. The molecular formula is C16H22IN3OS. The van der Waals surface area contributed by atoms with Crippen LogP contribution in [0.2, 0.25) is 0 Å². The summed E-state index contributed by atoms with van der Waals surface area (Å²) < 4.78 is 5.15. The highest BCUT2D eigenvalue weighted by Gasteiger charge is 2.00. The zero-order valence-corrected chi connectivity index (χ0v) is 16.0. The van der Waals surface area contributed by atoms with Gasteiger partial charge in [-0.3, -0.25) is 4.99 Å². The number of aliphatic imine (C=N–C) groups is 1. The van der Waals surface area contributed by atoms with Crippen molar-refractivity contribution in [3.8, 4) is 0 Å². The minimum Gasteiger partial charge on any atom is -0.380 e. The highest BCUT2D eigenvalue weighted by atomic mass is 127. The van der Waals surface area contributed by atoms with E-state index in [9.17, 15) is 0 Å². The number of halogens is 1. The predicted octanol–water partition coefficient (Wildman–Crippen LogP) is 3.38. The van der Waals surface area contributed by atoms with Crippen LogP contribution in [0.25, 0.3) is 0 Å². The Morgan fingerprint density at radius 2 is 1.86 bits per heavy atom. The quantitative estimate of drug-likeness (QED) is 0.419. The molecule has 1 aromatic heterocycles. The second-order valence-electron chi connectivity index (χ2n) is 4.66. The van der Waals surface area contributed by atoms with Crippen LogP contribution in [0.4, 0.5) is 0 Å². The number of nitrogens with zero attached hydrogens (tertiary/aromatic N) is 1. The molecule has 0 aliphatic rings. The fraction of sp³-hybridized carbons (Fsp3) is 0.312. The number of methoxy groups -OCH3 is 1. The van der Waals surface area contributed by atoms with E-state index in [4.69, 9.17) is 4.74 Å². The van der Waals surface area contributed by atoms with Crippen molar-refractivity contribution >= 4 is 41.3 Å². The Morgan fingerprint density at radius 3 is 2.50 bits per heavy atom. The summed E-state index contributed by atoms with van der Waals surface area (Å²) in [6, 6.07) is 10.5. The normalized spacial score (nSPS) is 10.9. The molecule has 0 amide bonds. The number of ether oxygens (including phenoxy) is 1. The first-order valence-corrected chi connectivity index (χ1v) is 7.78. The van der Waals surface area contributed by atoms with Crippen LogP contribution in [0.1, 0.15) is 16.7 Å². The van der Waals surface area contributed by atoms with E-state index in [1.165, 1.54) is 16.7 Å². The Bertz CT molecular complexity index is 573. The number of hydrogen-bond acceptors (Lipinski definition) is 3. The monoisotopic (exact) mass is 431 g/mol. The zero-order chi connectivity index (χ0) is 14.9. The van der Waals surface area contributed by atoms with Gasteiger partial charge in [0.25, 0.3) is 0 Å². The summed E-state index contributed by atoms with van der Waals surface area (Å²) in [5.41, 5.74) is 3.66. The average molecular weight is 431 g/mol. The minimum atomic E-state index is 0. The largest absolute Gasteiger partial charge is 0.380 e. The van der Waals surface area contributed by atoms with Gasteiger partial charge in [0.15, 0.2) is 5.96 Å². The SMILES string of the molecule is CN=C(NCc1ccsc1)NCc1cccc(COC)c1.I. The van der Waals surface area contributed by atoms with Crippen molar-refractivity contribution in [2.45, 2.75) is 19.7 Å². The fourth-order valence-corrected chi connectivity index (χ4v) is 2.65. The van der Waals surface area contributed by atoms with Crippen LogP contribution in [-0.2, 0) is 24.4 Å². The third-order valence-electron chi connectivity index (χ3n) is 3.03. The van der Waals surface area contributed by atoms with Crippen LogP contribution in [0, 0.1) is 0 Å². The Kier molecular flexibility index (Phi) is 9.10. The molecule has 0 atom stereocenters. The van der Waals surface area contributed by atoms with Crippen LogP contribution in [0.5, 0.6) is 0 Å². The standard InChI is InChI=1S/C16H21N3OS.HI/c1-17-16(19-10-15-6-7-21-12-15)18-9-13-4-3-5-14(8-13)11-20-2;/h3-8,12H,9-11H2,1-2H3,(H2,17,18,19);1H. The van der Waals surface area contributed by atoms with Gasteiger partial charge in [0, 0.05) is 27.2 Å². The van der Waals surface area contributed by atoms with Gasteiger partial charge in [0.1, 0.15) is 0 Å². The van der Waals surface area contributed by atoms with E-state index in [-0.39, 0.29) is 24.0 Å². The topological polar surface area (TPSA) is 45.7 Å². The molecule has 0 bridgehead atoms. The molecule has 0 aliphatic heterocycles. The van der Waals surface area contributed by atoms with E-state index in [1.807, 2.05) is 6.07 Å². The highest BCUT2D eigenvalue weighted by Crippen LogP contribution is 2.07. The molecule has 0 aliphatic carbocycles. The molecule has 0 saturated carbocycles. The van der Waals surface area contributed by atoms with Gasteiger partial charge >= 0.3 is 0 Å². The summed E-state index contributed by atoms with van der Waals surface area (Å²) >= 11 is 1.70. The maximum absolute atomic E-state index is 5.15. The van der Waals surface area contributed by atoms with Gasteiger partial charge in [-0.05, 0) is 33.5 Å². The van der Waals surface area contributed by atoms with E-state index < -0.39 is 0 Å². The zero-order valence-electron chi connectivity index (χ0n) is 12.8. The number of guanidine groups is 1. The van der Waals surface area contributed by atoms with Gasteiger partial charge < -0.3 is 15.4 Å². The maximum Gasteiger partial charge on any atom is 0.191 e. The molecule has 2 N–H and O–H groups in total. The Labute approximate surface area is 153 Å². The van der Waals surface area contributed by atoms with E-state index in [0.29, 0.717) is 6.61 Å². The molecule has 2 rings (SSSR count). The second-order valence-corrected chi connectivity index (χ2v) is 5.44. The van der Waals surface area contributed by atoms with Crippen molar-refractivity contribution in [1.29, 1.82) is 0 Å². The van der Waals surface area contributed by atoms with Crippen molar-refractivity contribution in [3.05, 3.63) is 57.8 Å². The third kappa shape index (κ3) is 6.33. The Balaban J connectivity index is 0.00000242. The van der Waals surface area contributed by atoms with Crippen molar-refractivity contribution in [3.63, 3.8) is 0 Å². The first-order chi connectivity index (χ1) is 10.3. The highest BCUT2D eigenvalue weighted by molar-refractivity contribution is 14.0. The fourth-order valence-electron chi connectivity index (χ4n) is 1.98. The lowest BCUT2D eigenvalue weighted by atomic mass is 10.1. The summed E-state index contributed by atoms with van der Waals surface area (Å²) in [6.07, 6.45) is 0.